The van der Waals surface area contributed by atoms with E-state index in [-0.39, 0.29) is 24.0 Å². The van der Waals surface area contributed by atoms with Gasteiger partial charge in [-0.25, -0.2) is 5.48 Å². The molecule has 194 valence electrons. The van der Waals surface area contributed by atoms with Crippen LogP contribution in [0.25, 0.3) is 5.57 Å². The van der Waals surface area contributed by atoms with E-state index in [4.69, 9.17) is 5.26 Å². The number of amides is 2. The number of hydrogen-bond acceptors (Lipinski definition) is 8. The van der Waals surface area contributed by atoms with E-state index >= 15 is 0 Å². The Morgan fingerprint density at radius 3 is 2.69 bits per heavy atom. The minimum Gasteiger partial charge on any atom is -0.355 e. The number of likely N-dealkylation sites (N-methyl/N-ethyl adjacent to an activating group) is 1. The molecule has 1 aromatic carbocycles. The van der Waals surface area contributed by atoms with Gasteiger partial charge in [0.1, 0.15) is 0 Å². The van der Waals surface area contributed by atoms with Gasteiger partial charge in [-0.1, -0.05) is 12.1 Å². The molecule has 1 saturated heterocycles. The first-order valence-electron chi connectivity index (χ1n) is 12.3. The van der Waals surface area contributed by atoms with Crippen molar-refractivity contribution in [2.75, 3.05) is 40.3 Å². The van der Waals surface area contributed by atoms with E-state index in [1.807, 2.05) is 44.1 Å². The largest absolute Gasteiger partial charge is 0.355 e. The minimum atomic E-state index is -0.788. The number of carbonyl (C=O) groups is 3. The fourth-order valence-corrected chi connectivity index (χ4v) is 4.99. The Hall–Kier alpha value is -3.10. The van der Waals surface area contributed by atoms with E-state index < -0.39 is 23.9 Å². The van der Waals surface area contributed by atoms with Gasteiger partial charge in [0.2, 0.25) is 11.8 Å². The molecule has 2 heterocycles. The smallest absolute Gasteiger partial charge is 0.248 e. The number of nitriles is 1. The van der Waals surface area contributed by atoms with Crippen LogP contribution >= 0.6 is 0 Å². The quantitative estimate of drug-likeness (QED) is 0.243. The van der Waals surface area contributed by atoms with E-state index in [2.05, 4.69) is 22.0 Å². The van der Waals surface area contributed by atoms with Gasteiger partial charge in [0, 0.05) is 26.1 Å². The maximum Gasteiger partial charge on any atom is 0.248 e. The molecule has 2 unspecified atom stereocenters. The molecule has 0 aromatic heterocycles. The van der Waals surface area contributed by atoms with Crippen LogP contribution in [-0.2, 0) is 14.4 Å². The summed E-state index contributed by atoms with van der Waals surface area (Å²) < 4.78 is 0. The molecule has 0 spiro atoms. The van der Waals surface area contributed by atoms with Crippen LogP contribution in [-0.4, -0.2) is 80.1 Å². The van der Waals surface area contributed by atoms with Crippen LogP contribution < -0.4 is 21.4 Å². The van der Waals surface area contributed by atoms with Gasteiger partial charge < -0.3 is 20.9 Å². The normalized spacial score (nSPS) is 23.9. The molecular weight excluding hydrogens is 460 g/mol. The molecule has 5 N–H and O–H groups in total. The minimum absolute atomic E-state index is 0.0990. The SMILES string of the molecule is Cc1cc(C#N)ccc1C1=CCNC(C(=O)[C@H]2NCC(CC(=O)NCCN(C)C)C[C@@H]2C(=O)NO)C1. The maximum atomic E-state index is 13.5. The highest BCUT2D eigenvalue weighted by atomic mass is 16.5. The van der Waals surface area contributed by atoms with E-state index in [0.717, 1.165) is 23.2 Å². The second kappa shape index (κ2) is 12.7. The summed E-state index contributed by atoms with van der Waals surface area (Å²) in [5.74, 6) is -1.80. The Morgan fingerprint density at radius 2 is 2.03 bits per heavy atom. The topological polar surface area (TPSA) is 147 Å². The van der Waals surface area contributed by atoms with E-state index in [0.29, 0.717) is 38.0 Å². The first kappa shape index (κ1) is 27.5. The van der Waals surface area contributed by atoms with Crippen molar-refractivity contribution in [3.8, 4) is 6.07 Å². The summed E-state index contributed by atoms with van der Waals surface area (Å²) in [5, 5.41) is 27.8. The summed E-state index contributed by atoms with van der Waals surface area (Å²) >= 11 is 0. The lowest BCUT2D eigenvalue weighted by molar-refractivity contribution is -0.140. The van der Waals surface area contributed by atoms with Crippen LogP contribution in [0.1, 0.15) is 36.0 Å². The molecule has 3 rings (SSSR count). The zero-order chi connectivity index (χ0) is 26.2. The molecule has 4 atom stereocenters. The van der Waals surface area contributed by atoms with E-state index in [9.17, 15) is 19.6 Å². The fraction of sp³-hybridized carbons (Fsp3) is 0.538. The molecule has 10 heteroatoms. The van der Waals surface area contributed by atoms with Crippen molar-refractivity contribution in [1.29, 1.82) is 5.26 Å². The van der Waals surface area contributed by atoms with Crippen LogP contribution in [0.3, 0.4) is 0 Å². The monoisotopic (exact) mass is 496 g/mol. The highest BCUT2D eigenvalue weighted by Gasteiger charge is 2.42. The number of ketones is 1. The molecule has 2 aliphatic heterocycles. The van der Waals surface area contributed by atoms with Crippen molar-refractivity contribution < 1.29 is 19.6 Å². The van der Waals surface area contributed by atoms with Crippen molar-refractivity contribution >= 4 is 23.2 Å². The molecule has 0 bridgehead atoms. The van der Waals surface area contributed by atoms with Gasteiger partial charge in [-0.3, -0.25) is 19.6 Å². The Kier molecular flexibility index (Phi) is 9.73. The third-order valence-corrected chi connectivity index (χ3v) is 6.91. The molecule has 36 heavy (non-hydrogen) atoms. The van der Waals surface area contributed by atoms with Gasteiger partial charge in [-0.15, -0.1) is 0 Å². The third kappa shape index (κ3) is 6.98. The van der Waals surface area contributed by atoms with Crippen LogP contribution in [0.15, 0.2) is 24.3 Å². The van der Waals surface area contributed by atoms with Crippen molar-refractivity contribution in [2.24, 2.45) is 11.8 Å². The van der Waals surface area contributed by atoms with Gasteiger partial charge in [-0.05, 0) is 75.2 Å². The third-order valence-electron chi connectivity index (χ3n) is 6.91. The summed E-state index contributed by atoms with van der Waals surface area (Å²) in [6, 6.07) is 6.36. The lowest BCUT2D eigenvalue weighted by Crippen LogP contribution is -2.59. The number of nitrogens with zero attached hydrogens (tertiary/aromatic N) is 2. The molecule has 1 aromatic rings. The number of benzene rings is 1. The van der Waals surface area contributed by atoms with Crippen LogP contribution in [0, 0.1) is 30.1 Å². The number of Topliss-reactive ketones (excluding diaryl/α,β-unsaturated/α-hetero) is 1. The summed E-state index contributed by atoms with van der Waals surface area (Å²) in [7, 11) is 3.86. The number of hydroxylamine groups is 1. The fourth-order valence-electron chi connectivity index (χ4n) is 4.99. The molecule has 2 aliphatic rings. The lowest BCUT2D eigenvalue weighted by Gasteiger charge is -2.37. The summed E-state index contributed by atoms with van der Waals surface area (Å²) in [4.78, 5) is 40.4. The Labute approximate surface area is 212 Å². The molecular formula is C26H36N6O4. The molecule has 2 amide bonds. The molecule has 0 radical (unpaired) electrons. The van der Waals surface area contributed by atoms with Gasteiger partial charge in [0.25, 0.3) is 0 Å². The summed E-state index contributed by atoms with van der Waals surface area (Å²) in [5.41, 5.74) is 5.26. The second-order valence-corrected chi connectivity index (χ2v) is 9.87. The van der Waals surface area contributed by atoms with Crippen LogP contribution in [0.5, 0.6) is 0 Å². The molecule has 1 fully saturated rings. The zero-order valence-corrected chi connectivity index (χ0v) is 21.1. The van der Waals surface area contributed by atoms with Crippen molar-refractivity contribution in [2.45, 2.75) is 38.3 Å². The molecule has 10 nitrogen and oxygen atoms in total. The van der Waals surface area contributed by atoms with Crippen molar-refractivity contribution in [3.05, 3.63) is 41.0 Å². The predicted molar refractivity (Wildman–Crippen MR) is 135 cm³/mol. The zero-order valence-electron chi connectivity index (χ0n) is 21.1. The first-order chi connectivity index (χ1) is 17.2. The van der Waals surface area contributed by atoms with Crippen molar-refractivity contribution in [3.63, 3.8) is 0 Å². The predicted octanol–water partition coefficient (Wildman–Crippen LogP) is 0.349. The van der Waals surface area contributed by atoms with Crippen LogP contribution in [0.2, 0.25) is 0 Å². The first-order valence-corrected chi connectivity index (χ1v) is 12.3. The Bertz CT molecular complexity index is 1050. The standard InChI is InChI=1S/C26H36N6O4/c1-16-10-17(14-27)4-5-20(16)19-6-7-28-22(13-19)25(34)24-21(26(35)31-36)11-18(15-30-24)12-23(33)29-8-9-32(2)3/h4-6,10,18,21-22,24,28,30,36H,7-9,11-13,15H2,1-3H3,(H,29,33)(H,31,35)/t18?,21-,22?,24-/m0/s1. The molecule has 0 aliphatic carbocycles. The number of hydrogen-bond donors (Lipinski definition) is 5. The Balaban J connectivity index is 1.65. The number of aryl methyl sites for hydroxylation is 1. The number of piperidine rings is 1. The van der Waals surface area contributed by atoms with E-state index in [1.165, 1.54) is 0 Å². The maximum absolute atomic E-state index is 13.5. The van der Waals surface area contributed by atoms with Gasteiger partial charge >= 0.3 is 0 Å². The number of carbonyl (C=O) groups excluding carboxylic acids is 3. The van der Waals surface area contributed by atoms with Crippen LogP contribution in [0.4, 0.5) is 0 Å². The van der Waals surface area contributed by atoms with E-state index in [1.54, 1.807) is 11.5 Å². The van der Waals surface area contributed by atoms with Gasteiger partial charge in [0.05, 0.1) is 29.6 Å². The summed E-state index contributed by atoms with van der Waals surface area (Å²) in [6.45, 7) is 4.14. The average Bonchev–Trinajstić information content (AvgIpc) is 2.87. The lowest BCUT2D eigenvalue weighted by atomic mass is 9.78. The van der Waals surface area contributed by atoms with Gasteiger partial charge in [-0.2, -0.15) is 5.26 Å². The Morgan fingerprint density at radius 1 is 1.25 bits per heavy atom. The highest BCUT2D eigenvalue weighted by Crippen LogP contribution is 2.30. The second-order valence-electron chi connectivity index (χ2n) is 9.87. The summed E-state index contributed by atoms with van der Waals surface area (Å²) in [6.07, 6.45) is 3.05. The highest BCUT2D eigenvalue weighted by molar-refractivity contribution is 5.96. The van der Waals surface area contributed by atoms with Gasteiger partial charge in [0.15, 0.2) is 5.78 Å². The number of rotatable bonds is 9. The molecule has 0 saturated carbocycles. The average molecular weight is 497 g/mol. The number of nitrogens with one attached hydrogen (secondary N) is 4. The van der Waals surface area contributed by atoms with Crippen molar-refractivity contribution in [1.82, 2.24) is 26.3 Å².